The van der Waals surface area contributed by atoms with Crippen molar-refractivity contribution in [2.75, 3.05) is 19.7 Å². The minimum absolute atomic E-state index is 0.261. The maximum atomic E-state index is 8.50. The van der Waals surface area contributed by atoms with Crippen molar-refractivity contribution in [3.05, 3.63) is 0 Å². The molecule has 0 saturated carbocycles. The molecule has 0 aromatic heterocycles. The third-order valence-electron chi connectivity index (χ3n) is 1.85. The number of aliphatic hydroxyl groups excluding tert-OH is 1. The molecule has 0 amide bonds. The van der Waals surface area contributed by atoms with Gasteiger partial charge in [0.25, 0.3) is 0 Å². The maximum Gasteiger partial charge on any atom is 0.0443 e. The molecule has 3 nitrogen and oxygen atoms in total. The number of nitrogens with two attached hydrogens (primary N) is 1. The van der Waals surface area contributed by atoms with Gasteiger partial charge in [-0.2, -0.15) is 0 Å². The Morgan fingerprint density at radius 2 is 2.17 bits per heavy atom. The van der Waals surface area contributed by atoms with Crippen LogP contribution in [0.3, 0.4) is 0 Å². The Kier molecular flexibility index (Phi) is 8.88. The van der Waals surface area contributed by atoms with E-state index in [1.54, 1.807) is 0 Å². The monoisotopic (exact) mass is 174 g/mol. The number of aliphatic hydroxyl groups is 1. The first-order chi connectivity index (χ1) is 5.81. The van der Waals surface area contributed by atoms with Crippen LogP contribution in [-0.2, 0) is 0 Å². The van der Waals surface area contributed by atoms with Crippen LogP contribution in [0.15, 0.2) is 0 Å². The van der Waals surface area contributed by atoms with Gasteiger partial charge in [-0.3, -0.25) is 0 Å². The molecule has 0 aliphatic carbocycles. The van der Waals surface area contributed by atoms with Crippen LogP contribution in [0, 0.1) is 0 Å². The van der Waals surface area contributed by atoms with Gasteiger partial charge in [-0.05, 0) is 19.4 Å². The fraction of sp³-hybridized carbons (Fsp3) is 1.00. The zero-order valence-corrected chi connectivity index (χ0v) is 8.05. The van der Waals surface area contributed by atoms with Crippen LogP contribution >= 0.6 is 0 Å². The lowest BCUT2D eigenvalue weighted by Gasteiger charge is -2.11. The Bertz CT molecular complexity index is 88.6. The van der Waals surface area contributed by atoms with Gasteiger partial charge < -0.3 is 16.2 Å². The predicted octanol–water partition coefficient (Wildman–Crippen LogP) is 0.476. The maximum absolute atomic E-state index is 8.50. The van der Waals surface area contributed by atoms with Crippen LogP contribution in [0.4, 0.5) is 0 Å². The van der Waals surface area contributed by atoms with Crippen LogP contribution in [0.1, 0.15) is 32.6 Å². The van der Waals surface area contributed by atoms with Crippen molar-refractivity contribution in [2.45, 2.75) is 38.6 Å². The van der Waals surface area contributed by atoms with Crippen LogP contribution in [0.2, 0.25) is 0 Å². The van der Waals surface area contributed by atoms with Crippen LogP contribution in [0.25, 0.3) is 0 Å². The van der Waals surface area contributed by atoms with E-state index < -0.39 is 0 Å². The van der Waals surface area contributed by atoms with E-state index in [1.807, 2.05) is 0 Å². The average Bonchev–Trinajstić information content (AvgIpc) is 2.09. The van der Waals surface area contributed by atoms with E-state index in [9.17, 15) is 0 Å². The van der Waals surface area contributed by atoms with Gasteiger partial charge in [0, 0.05) is 19.2 Å². The molecule has 0 rings (SSSR count). The summed E-state index contributed by atoms with van der Waals surface area (Å²) in [4.78, 5) is 0. The Morgan fingerprint density at radius 1 is 1.42 bits per heavy atom. The van der Waals surface area contributed by atoms with Crippen molar-refractivity contribution in [1.29, 1.82) is 0 Å². The largest absolute Gasteiger partial charge is 0.396 e. The molecule has 0 saturated heterocycles. The zero-order valence-electron chi connectivity index (χ0n) is 8.05. The molecule has 0 fully saturated rings. The lowest BCUT2D eigenvalue weighted by molar-refractivity contribution is 0.285. The zero-order chi connectivity index (χ0) is 9.23. The second-order valence-electron chi connectivity index (χ2n) is 3.18. The lowest BCUT2D eigenvalue weighted by Crippen LogP contribution is -2.34. The van der Waals surface area contributed by atoms with E-state index in [0.29, 0.717) is 0 Å². The van der Waals surface area contributed by atoms with Gasteiger partial charge in [0.2, 0.25) is 0 Å². The van der Waals surface area contributed by atoms with Crippen molar-refractivity contribution in [1.82, 2.24) is 5.32 Å². The molecular formula is C9H22N2O. The second kappa shape index (κ2) is 8.97. The molecule has 0 heterocycles. The second-order valence-corrected chi connectivity index (χ2v) is 3.18. The van der Waals surface area contributed by atoms with E-state index in [4.69, 9.17) is 10.8 Å². The summed E-state index contributed by atoms with van der Waals surface area (Å²) in [5.74, 6) is 0. The van der Waals surface area contributed by atoms with E-state index in [0.717, 1.165) is 25.9 Å². The summed E-state index contributed by atoms with van der Waals surface area (Å²) in [6.07, 6.45) is 4.34. The quantitative estimate of drug-likeness (QED) is 0.469. The fourth-order valence-electron chi connectivity index (χ4n) is 1.06. The summed E-state index contributed by atoms with van der Waals surface area (Å²) in [6.45, 7) is 4.18. The predicted molar refractivity (Wildman–Crippen MR) is 52.1 cm³/mol. The number of nitrogens with one attached hydrogen (secondary N) is 1. The van der Waals surface area contributed by atoms with Crippen molar-refractivity contribution >= 4 is 0 Å². The van der Waals surface area contributed by atoms with Gasteiger partial charge in [0.1, 0.15) is 0 Å². The minimum Gasteiger partial charge on any atom is -0.396 e. The number of hydrogen-bond donors (Lipinski definition) is 3. The first-order valence-electron chi connectivity index (χ1n) is 4.88. The van der Waals surface area contributed by atoms with Crippen LogP contribution in [0.5, 0.6) is 0 Å². The Labute approximate surface area is 75.3 Å². The topological polar surface area (TPSA) is 58.3 Å². The highest BCUT2D eigenvalue weighted by Crippen LogP contribution is 1.96. The summed E-state index contributed by atoms with van der Waals surface area (Å²) in [6, 6.07) is 0.281. The highest BCUT2D eigenvalue weighted by Gasteiger charge is 1.99. The Hall–Kier alpha value is -0.120. The van der Waals surface area contributed by atoms with Gasteiger partial charge in [0.15, 0.2) is 0 Å². The van der Waals surface area contributed by atoms with Gasteiger partial charge >= 0.3 is 0 Å². The SMILES string of the molecule is CCCCC(N)CNCCCO. The molecule has 0 aliphatic heterocycles. The van der Waals surface area contributed by atoms with Crippen LogP contribution in [-0.4, -0.2) is 30.8 Å². The van der Waals surface area contributed by atoms with Crippen molar-refractivity contribution in [3.8, 4) is 0 Å². The van der Waals surface area contributed by atoms with Crippen LogP contribution < -0.4 is 11.1 Å². The highest BCUT2D eigenvalue weighted by atomic mass is 16.3. The molecule has 4 N–H and O–H groups in total. The molecule has 12 heavy (non-hydrogen) atoms. The van der Waals surface area contributed by atoms with Gasteiger partial charge in [-0.1, -0.05) is 19.8 Å². The fourth-order valence-corrected chi connectivity index (χ4v) is 1.06. The standard InChI is InChI=1S/C9H22N2O/c1-2-3-5-9(10)8-11-6-4-7-12/h9,11-12H,2-8,10H2,1H3. The van der Waals surface area contributed by atoms with Gasteiger partial charge in [-0.15, -0.1) is 0 Å². The summed E-state index contributed by atoms with van der Waals surface area (Å²) < 4.78 is 0. The molecule has 0 radical (unpaired) electrons. The van der Waals surface area contributed by atoms with Gasteiger partial charge in [0.05, 0.1) is 0 Å². The Morgan fingerprint density at radius 3 is 2.75 bits per heavy atom. The molecule has 0 aromatic carbocycles. The lowest BCUT2D eigenvalue weighted by atomic mass is 10.1. The number of unbranched alkanes of at least 4 members (excludes halogenated alkanes) is 1. The van der Waals surface area contributed by atoms with Gasteiger partial charge in [-0.25, -0.2) is 0 Å². The number of hydrogen-bond acceptors (Lipinski definition) is 3. The molecule has 0 spiro atoms. The average molecular weight is 174 g/mol. The smallest absolute Gasteiger partial charge is 0.0443 e. The summed E-state index contributed by atoms with van der Waals surface area (Å²) in [7, 11) is 0. The van der Waals surface area contributed by atoms with E-state index in [-0.39, 0.29) is 12.6 Å². The van der Waals surface area contributed by atoms with E-state index in [2.05, 4.69) is 12.2 Å². The third kappa shape index (κ3) is 7.98. The van der Waals surface area contributed by atoms with E-state index >= 15 is 0 Å². The number of rotatable bonds is 8. The highest BCUT2D eigenvalue weighted by molar-refractivity contribution is 4.63. The molecule has 3 heteroatoms. The first kappa shape index (κ1) is 11.9. The molecule has 74 valence electrons. The third-order valence-corrected chi connectivity index (χ3v) is 1.85. The molecule has 0 bridgehead atoms. The molecule has 0 aliphatic rings. The Balaban J connectivity index is 3.02. The minimum atomic E-state index is 0.261. The molecule has 0 aromatic rings. The van der Waals surface area contributed by atoms with E-state index in [1.165, 1.54) is 12.8 Å². The summed E-state index contributed by atoms with van der Waals surface area (Å²) in [5, 5.41) is 11.7. The molecule has 1 atom stereocenters. The molecule has 1 unspecified atom stereocenters. The summed E-state index contributed by atoms with van der Waals surface area (Å²) in [5.41, 5.74) is 5.82. The van der Waals surface area contributed by atoms with Crippen molar-refractivity contribution in [2.24, 2.45) is 5.73 Å². The van der Waals surface area contributed by atoms with Crippen molar-refractivity contribution < 1.29 is 5.11 Å². The molecular weight excluding hydrogens is 152 g/mol. The summed E-state index contributed by atoms with van der Waals surface area (Å²) >= 11 is 0. The normalized spacial score (nSPS) is 13.2. The first-order valence-corrected chi connectivity index (χ1v) is 4.88. The van der Waals surface area contributed by atoms with Crippen molar-refractivity contribution in [3.63, 3.8) is 0 Å².